The Morgan fingerprint density at radius 2 is 0.930 bits per heavy atom. The molecule has 0 fully saturated rings. The Kier molecular flexibility index (Phi) is 7.45. The Bertz CT molecular complexity index is 3060. The average molecular weight is 732 g/mol. The predicted molar refractivity (Wildman–Crippen MR) is 243 cm³/mol. The van der Waals surface area contributed by atoms with Gasteiger partial charge in [0.2, 0.25) is 0 Å². The molecule has 0 radical (unpaired) electrons. The molecule has 274 valence electrons. The van der Waals surface area contributed by atoms with Gasteiger partial charge >= 0.3 is 0 Å². The first-order valence-electron chi connectivity index (χ1n) is 20.5. The van der Waals surface area contributed by atoms with Gasteiger partial charge in [-0.25, -0.2) is 0 Å². The van der Waals surface area contributed by atoms with Crippen LogP contribution in [0.25, 0.3) is 54.6 Å². The van der Waals surface area contributed by atoms with Crippen LogP contribution in [0.2, 0.25) is 0 Å². The van der Waals surface area contributed by atoms with Gasteiger partial charge in [0.05, 0.1) is 0 Å². The van der Waals surface area contributed by atoms with Crippen LogP contribution in [0, 0.1) is 0 Å². The Morgan fingerprint density at radius 3 is 1.74 bits per heavy atom. The molecule has 0 amide bonds. The van der Waals surface area contributed by atoms with Crippen LogP contribution in [-0.2, 0) is 23.7 Å². The van der Waals surface area contributed by atoms with Crippen molar-refractivity contribution in [2.24, 2.45) is 0 Å². The third-order valence-corrected chi connectivity index (χ3v) is 13.4. The molecule has 0 spiro atoms. The zero-order valence-electron chi connectivity index (χ0n) is 33.1. The molecule has 0 unspecified atom stereocenters. The van der Waals surface area contributed by atoms with E-state index in [-0.39, 0.29) is 10.8 Å². The van der Waals surface area contributed by atoms with Crippen molar-refractivity contribution in [1.82, 2.24) is 0 Å². The standard InChI is InChI=1S/C56H45N/c1-55(2)50-19-10-11-20-51(50)56(3,4)53-35-43(29-32-52(53)55)57(41-27-25-38-22-21-37-15-8-9-17-44(37)48(38)33-41)42-28-31-45(36-13-6-5-7-14-36)49(34-42)46-30-26-40-24-23-39-16-12-18-47(46)54(39)40/h5-22,25-35H,23-24H2,1-4H3. The minimum Gasteiger partial charge on any atom is -0.310 e. The fourth-order valence-electron chi connectivity index (χ4n) is 10.4. The van der Waals surface area contributed by atoms with Crippen LogP contribution in [-0.4, -0.2) is 0 Å². The fourth-order valence-corrected chi connectivity index (χ4v) is 10.4. The highest BCUT2D eigenvalue weighted by atomic mass is 15.1. The smallest absolute Gasteiger partial charge is 0.0468 e. The average Bonchev–Trinajstić information content (AvgIpc) is 3.68. The number of anilines is 3. The first-order chi connectivity index (χ1) is 27.8. The van der Waals surface area contributed by atoms with Crippen LogP contribution in [0.4, 0.5) is 17.1 Å². The van der Waals surface area contributed by atoms with E-state index in [1.165, 1.54) is 88.0 Å². The number of aryl methyl sites for hydroxylation is 2. The molecule has 0 heterocycles. The summed E-state index contributed by atoms with van der Waals surface area (Å²) in [6.45, 7) is 9.58. The molecular weight excluding hydrogens is 687 g/mol. The van der Waals surface area contributed by atoms with E-state index in [4.69, 9.17) is 0 Å². The van der Waals surface area contributed by atoms with Gasteiger partial charge < -0.3 is 4.90 Å². The van der Waals surface area contributed by atoms with Crippen molar-refractivity contribution in [2.75, 3.05) is 4.90 Å². The Balaban J connectivity index is 1.19. The molecule has 0 bridgehead atoms. The normalized spacial score (nSPS) is 14.8. The second kappa shape index (κ2) is 12.5. The Hall–Kier alpha value is -6.44. The number of hydrogen-bond acceptors (Lipinski definition) is 1. The highest BCUT2D eigenvalue weighted by molar-refractivity contribution is 6.09. The predicted octanol–water partition coefficient (Wildman–Crippen LogP) is 15.0. The lowest BCUT2D eigenvalue weighted by Crippen LogP contribution is -2.36. The van der Waals surface area contributed by atoms with E-state index in [0.717, 1.165) is 29.9 Å². The number of benzene rings is 9. The maximum atomic E-state index is 2.50. The zero-order chi connectivity index (χ0) is 38.5. The van der Waals surface area contributed by atoms with Gasteiger partial charge in [-0.1, -0.05) is 167 Å². The van der Waals surface area contributed by atoms with Gasteiger partial charge in [-0.15, -0.1) is 0 Å². The van der Waals surface area contributed by atoms with Gasteiger partial charge in [-0.05, 0) is 137 Å². The van der Waals surface area contributed by atoms with Crippen LogP contribution in [0.1, 0.15) is 61.1 Å². The van der Waals surface area contributed by atoms with E-state index >= 15 is 0 Å². The lowest BCUT2D eigenvalue weighted by molar-refractivity contribution is 0.521. The minimum atomic E-state index is -0.171. The first kappa shape index (κ1) is 33.9. The molecule has 0 N–H and O–H groups in total. The summed E-state index contributed by atoms with van der Waals surface area (Å²) in [6, 6.07) is 66.3. The number of rotatable bonds is 5. The highest BCUT2D eigenvalue weighted by Gasteiger charge is 2.41. The number of hydrogen-bond donors (Lipinski definition) is 0. The van der Waals surface area contributed by atoms with Crippen molar-refractivity contribution < 1.29 is 0 Å². The summed E-state index contributed by atoms with van der Waals surface area (Å²) >= 11 is 0. The van der Waals surface area contributed by atoms with E-state index in [9.17, 15) is 0 Å². The lowest BCUT2D eigenvalue weighted by atomic mass is 9.60. The molecule has 9 aromatic carbocycles. The maximum absolute atomic E-state index is 2.50. The minimum absolute atomic E-state index is 0.118. The van der Waals surface area contributed by atoms with Crippen LogP contribution in [0.5, 0.6) is 0 Å². The molecule has 2 aliphatic carbocycles. The van der Waals surface area contributed by atoms with E-state index in [2.05, 4.69) is 209 Å². The van der Waals surface area contributed by atoms with Crippen molar-refractivity contribution in [3.05, 3.63) is 209 Å². The summed E-state index contributed by atoms with van der Waals surface area (Å²) < 4.78 is 0. The Labute approximate surface area is 335 Å². The van der Waals surface area contributed by atoms with Crippen molar-refractivity contribution >= 4 is 49.4 Å². The molecule has 0 saturated heterocycles. The van der Waals surface area contributed by atoms with Crippen molar-refractivity contribution in [1.29, 1.82) is 0 Å². The Morgan fingerprint density at radius 1 is 0.368 bits per heavy atom. The number of nitrogens with zero attached hydrogens (tertiary/aromatic N) is 1. The third kappa shape index (κ3) is 5.15. The third-order valence-electron chi connectivity index (χ3n) is 13.4. The van der Waals surface area contributed by atoms with Gasteiger partial charge in [0.25, 0.3) is 0 Å². The van der Waals surface area contributed by atoms with Gasteiger partial charge in [-0.2, -0.15) is 0 Å². The molecule has 57 heavy (non-hydrogen) atoms. The molecule has 0 atom stereocenters. The SMILES string of the molecule is CC1(C)c2ccccc2C(C)(C)c2cc(N(c3ccc(-c4ccccc4)c(-c4ccc5c6c(cccc46)CC5)c3)c3ccc4ccc5ccccc5c4c3)ccc21. The molecule has 1 nitrogen and oxygen atoms in total. The van der Waals surface area contributed by atoms with E-state index in [0.29, 0.717) is 0 Å². The van der Waals surface area contributed by atoms with Gasteiger partial charge in [-0.3, -0.25) is 0 Å². The summed E-state index contributed by atoms with van der Waals surface area (Å²) in [4.78, 5) is 2.50. The summed E-state index contributed by atoms with van der Waals surface area (Å²) in [5.74, 6) is 0. The quantitative estimate of drug-likeness (QED) is 0.159. The van der Waals surface area contributed by atoms with Crippen molar-refractivity contribution in [3.63, 3.8) is 0 Å². The van der Waals surface area contributed by atoms with E-state index < -0.39 is 0 Å². The summed E-state index contributed by atoms with van der Waals surface area (Å²) in [6.07, 6.45) is 2.23. The summed E-state index contributed by atoms with van der Waals surface area (Å²) in [7, 11) is 0. The molecule has 9 aromatic rings. The number of fused-ring (bicyclic) bond motifs is 5. The highest BCUT2D eigenvalue weighted by Crippen LogP contribution is 2.52. The monoisotopic (exact) mass is 731 g/mol. The largest absolute Gasteiger partial charge is 0.310 e. The van der Waals surface area contributed by atoms with Crippen LogP contribution >= 0.6 is 0 Å². The maximum Gasteiger partial charge on any atom is 0.0468 e. The molecule has 11 rings (SSSR count). The lowest BCUT2D eigenvalue weighted by Gasteiger charge is -2.44. The van der Waals surface area contributed by atoms with Gasteiger partial charge in [0, 0.05) is 27.9 Å². The van der Waals surface area contributed by atoms with Crippen LogP contribution in [0.15, 0.2) is 176 Å². The fraction of sp³-hybridized carbons (Fsp3) is 0.143. The summed E-state index contributed by atoms with van der Waals surface area (Å²) in [5.41, 5.74) is 16.7. The van der Waals surface area contributed by atoms with Crippen molar-refractivity contribution in [2.45, 2.75) is 51.4 Å². The second-order valence-corrected chi connectivity index (χ2v) is 17.3. The molecule has 0 saturated carbocycles. The van der Waals surface area contributed by atoms with Gasteiger partial charge in [0.15, 0.2) is 0 Å². The topological polar surface area (TPSA) is 3.24 Å². The zero-order valence-corrected chi connectivity index (χ0v) is 33.1. The van der Waals surface area contributed by atoms with Gasteiger partial charge in [0.1, 0.15) is 0 Å². The summed E-state index contributed by atoms with van der Waals surface area (Å²) in [5, 5.41) is 7.82. The molecule has 2 aliphatic rings. The molecule has 1 heteroatoms. The molecule has 0 aromatic heterocycles. The van der Waals surface area contributed by atoms with E-state index in [1.54, 1.807) is 0 Å². The second-order valence-electron chi connectivity index (χ2n) is 17.3. The van der Waals surface area contributed by atoms with Crippen LogP contribution < -0.4 is 4.90 Å². The van der Waals surface area contributed by atoms with Crippen LogP contribution in [0.3, 0.4) is 0 Å². The molecular formula is C56H45N. The van der Waals surface area contributed by atoms with Crippen molar-refractivity contribution in [3.8, 4) is 22.3 Å². The van der Waals surface area contributed by atoms with E-state index in [1.807, 2.05) is 0 Å². The molecule has 0 aliphatic heterocycles. The first-order valence-corrected chi connectivity index (χ1v) is 20.5.